The molecule has 0 unspecified atom stereocenters. The Hall–Kier alpha value is -2.46. The van der Waals surface area contributed by atoms with E-state index >= 15 is 4.39 Å². The van der Waals surface area contributed by atoms with Crippen molar-refractivity contribution in [3.63, 3.8) is 0 Å². The van der Waals surface area contributed by atoms with Gasteiger partial charge >= 0.3 is 12.1 Å². The summed E-state index contributed by atoms with van der Waals surface area (Å²) in [6.45, 7) is 9.22. The molecule has 1 amide bonds. The smallest absolute Gasteiger partial charge is 0.410 e. The third-order valence-corrected chi connectivity index (χ3v) is 7.84. The number of hydrogen-bond acceptors (Lipinski definition) is 8. The number of likely N-dealkylation sites (tertiary alicyclic amines) is 1. The highest BCUT2D eigenvalue weighted by Crippen LogP contribution is 2.39. The number of carbonyl (C=O) groups is 1. The number of hydrogen-bond donors (Lipinski definition) is 0. The van der Waals surface area contributed by atoms with Crippen molar-refractivity contribution in [3.05, 3.63) is 17.2 Å². The molecule has 0 spiro atoms. The number of aromatic nitrogens is 3. The lowest BCUT2D eigenvalue weighted by Gasteiger charge is -2.31. The predicted molar refractivity (Wildman–Crippen MR) is 135 cm³/mol. The molecule has 36 heavy (non-hydrogen) atoms. The molecule has 0 bridgehead atoms. The van der Waals surface area contributed by atoms with Crippen molar-refractivity contribution in [1.82, 2.24) is 24.8 Å². The number of carbonyl (C=O) groups excluding carboxylic acids is 1. The average molecular weight is 521 g/mol. The van der Waals surface area contributed by atoms with E-state index in [1.165, 1.54) is 6.20 Å². The Morgan fingerprint density at radius 2 is 1.97 bits per heavy atom. The highest BCUT2D eigenvalue weighted by Gasteiger charge is 2.45. The van der Waals surface area contributed by atoms with E-state index in [-0.39, 0.29) is 34.4 Å². The van der Waals surface area contributed by atoms with Crippen molar-refractivity contribution in [2.24, 2.45) is 0 Å². The molecule has 0 aromatic carbocycles. The molecule has 0 radical (unpaired) electrons. The summed E-state index contributed by atoms with van der Waals surface area (Å²) < 4.78 is 26.7. The third kappa shape index (κ3) is 4.77. The first-order chi connectivity index (χ1) is 17.1. The van der Waals surface area contributed by atoms with Gasteiger partial charge in [-0.05, 0) is 66.0 Å². The number of fused-ring (bicyclic) bond motifs is 2. The van der Waals surface area contributed by atoms with E-state index < -0.39 is 11.4 Å². The number of likely N-dealkylation sites (N-methyl/N-ethyl adjacent to an activating group) is 1. The Kier molecular flexibility index (Phi) is 6.61. The Labute approximate surface area is 215 Å². The summed E-state index contributed by atoms with van der Waals surface area (Å²) in [6.07, 6.45) is 6.35. The first kappa shape index (κ1) is 25.2. The topological polar surface area (TPSA) is 83.9 Å². The molecule has 3 aliphatic rings. The summed E-state index contributed by atoms with van der Waals surface area (Å²) in [6, 6.07) is 0.0848. The monoisotopic (exact) mass is 520 g/mol. The van der Waals surface area contributed by atoms with Crippen LogP contribution in [0.5, 0.6) is 6.01 Å². The Morgan fingerprint density at radius 1 is 1.25 bits per heavy atom. The van der Waals surface area contributed by atoms with Crippen LogP contribution < -0.4 is 9.64 Å². The molecule has 196 valence electrons. The van der Waals surface area contributed by atoms with Crippen LogP contribution in [0, 0.1) is 5.82 Å². The van der Waals surface area contributed by atoms with Crippen molar-refractivity contribution < 1.29 is 18.7 Å². The first-order valence-electron chi connectivity index (χ1n) is 12.7. The van der Waals surface area contributed by atoms with Crippen LogP contribution in [0.4, 0.5) is 15.0 Å². The van der Waals surface area contributed by atoms with E-state index in [4.69, 9.17) is 26.1 Å². The molecular formula is C25H34ClFN6O3. The third-order valence-electron chi connectivity index (χ3n) is 7.58. The molecule has 0 N–H and O–H groups in total. The lowest BCUT2D eigenvalue weighted by molar-refractivity contribution is 0.0292. The van der Waals surface area contributed by atoms with E-state index in [0.717, 1.165) is 45.2 Å². The number of rotatable bonds is 5. The summed E-state index contributed by atoms with van der Waals surface area (Å²) in [5.41, 5.74) is -0.471. The van der Waals surface area contributed by atoms with Gasteiger partial charge in [-0.1, -0.05) is 11.6 Å². The normalized spacial score (nSPS) is 21.7. The molecule has 0 aliphatic carbocycles. The first-order valence-corrected chi connectivity index (χ1v) is 13.0. The van der Waals surface area contributed by atoms with Crippen LogP contribution in [-0.4, -0.2) is 87.9 Å². The zero-order chi connectivity index (χ0) is 25.7. The molecule has 0 saturated carbocycles. The van der Waals surface area contributed by atoms with E-state index in [2.05, 4.69) is 14.9 Å². The highest BCUT2D eigenvalue weighted by atomic mass is 35.5. The summed E-state index contributed by atoms with van der Waals surface area (Å²) in [7, 11) is 1.88. The maximum absolute atomic E-state index is 15.0. The number of pyridine rings is 1. The molecule has 9 nitrogen and oxygen atoms in total. The van der Waals surface area contributed by atoms with Gasteiger partial charge < -0.3 is 19.3 Å². The lowest BCUT2D eigenvalue weighted by atomic mass is 9.95. The van der Waals surface area contributed by atoms with Crippen molar-refractivity contribution in [2.75, 3.05) is 44.7 Å². The standard InChI is InChI=1S/C25H34ClFN6O3/c1-24(2,3)36-23(34)32-12-7-16(14-32)31(4)21-17-13-28-20(26)18(27)19(17)29-22(30-21)35-15-25-8-5-10-33(25)11-6-9-25/h13,16H,5-12,14-15H2,1-4H3/t16-/m1/s1. The predicted octanol–water partition coefficient (Wildman–Crippen LogP) is 4.27. The Bertz CT molecular complexity index is 1150. The van der Waals surface area contributed by atoms with E-state index in [1.54, 1.807) is 4.90 Å². The maximum Gasteiger partial charge on any atom is 0.410 e. The molecule has 2 aromatic rings. The number of halogens is 2. The van der Waals surface area contributed by atoms with E-state index in [9.17, 15) is 4.79 Å². The van der Waals surface area contributed by atoms with Crippen LogP contribution in [0.25, 0.3) is 10.9 Å². The SMILES string of the molecule is CN(c1nc(OCC23CCCN2CCC3)nc2c(F)c(Cl)ncc12)[C@@H]1CCN(C(=O)OC(C)(C)C)C1. The van der Waals surface area contributed by atoms with Crippen LogP contribution in [0.15, 0.2) is 6.20 Å². The number of amides is 1. The van der Waals surface area contributed by atoms with E-state index in [0.29, 0.717) is 30.9 Å². The fourth-order valence-corrected chi connectivity index (χ4v) is 5.85. The second-order valence-electron chi connectivity index (χ2n) is 11.1. The average Bonchev–Trinajstić information content (AvgIpc) is 3.54. The summed E-state index contributed by atoms with van der Waals surface area (Å²) >= 11 is 5.99. The van der Waals surface area contributed by atoms with Crippen LogP contribution in [0.1, 0.15) is 52.9 Å². The van der Waals surface area contributed by atoms with Crippen LogP contribution in [-0.2, 0) is 4.74 Å². The molecule has 3 fully saturated rings. The fraction of sp³-hybridized carbons (Fsp3) is 0.680. The molecule has 5 rings (SSSR count). The van der Waals surface area contributed by atoms with Gasteiger partial charge in [0.15, 0.2) is 11.0 Å². The molecule has 11 heteroatoms. The second-order valence-corrected chi connectivity index (χ2v) is 11.5. The maximum atomic E-state index is 15.0. The molecule has 3 saturated heterocycles. The van der Waals surface area contributed by atoms with Gasteiger partial charge in [0.25, 0.3) is 0 Å². The zero-order valence-electron chi connectivity index (χ0n) is 21.4. The van der Waals surface area contributed by atoms with Gasteiger partial charge in [-0.2, -0.15) is 9.97 Å². The number of nitrogens with zero attached hydrogens (tertiary/aromatic N) is 6. The fourth-order valence-electron chi connectivity index (χ4n) is 5.72. The van der Waals surface area contributed by atoms with Crippen LogP contribution in [0.3, 0.4) is 0 Å². The van der Waals surface area contributed by atoms with Gasteiger partial charge in [0.05, 0.1) is 10.9 Å². The van der Waals surface area contributed by atoms with Crippen LogP contribution in [0.2, 0.25) is 5.15 Å². The molecular weight excluding hydrogens is 487 g/mol. The molecule has 2 aromatic heterocycles. The van der Waals surface area contributed by atoms with Gasteiger partial charge in [-0.25, -0.2) is 14.2 Å². The molecule has 5 heterocycles. The van der Waals surface area contributed by atoms with Gasteiger partial charge in [0.2, 0.25) is 0 Å². The quantitative estimate of drug-likeness (QED) is 0.540. The van der Waals surface area contributed by atoms with E-state index in [1.807, 2.05) is 32.7 Å². The summed E-state index contributed by atoms with van der Waals surface area (Å²) in [5, 5.41) is 0.207. The highest BCUT2D eigenvalue weighted by molar-refractivity contribution is 6.30. The summed E-state index contributed by atoms with van der Waals surface area (Å²) in [4.78, 5) is 31.8. The van der Waals surface area contributed by atoms with Crippen molar-refractivity contribution in [3.8, 4) is 6.01 Å². The largest absolute Gasteiger partial charge is 0.461 e. The van der Waals surface area contributed by atoms with Gasteiger partial charge in [0, 0.05) is 32.4 Å². The zero-order valence-corrected chi connectivity index (χ0v) is 22.1. The Morgan fingerprint density at radius 3 is 2.67 bits per heavy atom. The van der Waals surface area contributed by atoms with Crippen molar-refractivity contribution in [1.29, 1.82) is 0 Å². The number of anilines is 1. The van der Waals surface area contributed by atoms with Crippen molar-refractivity contribution in [2.45, 2.75) is 70.1 Å². The molecule has 1 atom stereocenters. The van der Waals surface area contributed by atoms with Gasteiger partial charge in [0.1, 0.15) is 23.5 Å². The van der Waals surface area contributed by atoms with Crippen LogP contribution >= 0.6 is 11.6 Å². The minimum Gasteiger partial charge on any atom is -0.461 e. The number of ether oxygens (including phenoxy) is 2. The minimum atomic E-state index is -0.695. The summed E-state index contributed by atoms with van der Waals surface area (Å²) in [5.74, 6) is -0.194. The lowest BCUT2D eigenvalue weighted by Crippen LogP contribution is -2.43. The molecule has 3 aliphatic heterocycles. The second kappa shape index (κ2) is 9.45. The van der Waals surface area contributed by atoms with Crippen molar-refractivity contribution >= 4 is 34.4 Å². The minimum absolute atomic E-state index is 0.0121. The van der Waals surface area contributed by atoms with Gasteiger partial charge in [-0.3, -0.25) is 4.90 Å². The van der Waals surface area contributed by atoms with Gasteiger partial charge in [-0.15, -0.1) is 0 Å². The Balaban J connectivity index is 1.41.